The minimum atomic E-state index is -1.44. The quantitative estimate of drug-likeness (QED) is 0.333. The number of ketones is 2. The molecule has 8 nitrogen and oxygen atoms in total. The van der Waals surface area contributed by atoms with E-state index in [9.17, 15) is 19.2 Å². The molecule has 0 saturated heterocycles. The van der Waals surface area contributed by atoms with Crippen LogP contribution in [0.15, 0.2) is 48.5 Å². The van der Waals surface area contributed by atoms with E-state index >= 15 is 0 Å². The highest BCUT2D eigenvalue weighted by atomic mass is 17.2. The monoisotopic (exact) mass is 358 g/mol. The van der Waals surface area contributed by atoms with Crippen molar-refractivity contribution in [2.75, 3.05) is 14.2 Å². The summed E-state index contributed by atoms with van der Waals surface area (Å²) < 4.78 is 9.86. The number of methoxy groups -OCH3 is 2. The Morgan fingerprint density at radius 2 is 0.885 bits per heavy atom. The van der Waals surface area contributed by atoms with Gasteiger partial charge in [0.15, 0.2) is 0 Å². The van der Waals surface area contributed by atoms with E-state index in [1.807, 2.05) is 0 Å². The van der Waals surface area contributed by atoms with E-state index in [0.29, 0.717) is 11.5 Å². The average molecular weight is 358 g/mol. The number of hydrogen-bond donors (Lipinski definition) is 0. The van der Waals surface area contributed by atoms with Gasteiger partial charge in [-0.05, 0) is 48.5 Å². The van der Waals surface area contributed by atoms with E-state index < -0.39 is 23.5 Å². The summed E-state index contributed by atoms with van der Waals surface area (Å²) in [6.45, 7) is 0. The summed E-state index contributed by atoms with van der Waals surface area (Å²) in [5.41, 5.74) is 0.0154. The third-order valence-corrected chi connectivity index (χ3v) is 3.27. The van der Waals surface area contributed by atoms with Gasteiger partial charge >= 0.3 is 11.9 Å². The SMILES string of the molecule is COc1ccc(C(=O)C(=O)OOC(=O)C(=O)c2ccc(OC)cc2)cc1. The van der Waals surface area contributed by atoms with Crippen LogP contribution in [0, 0.1) is 0 Å². The van der Waals surface area contributed by atoms with Crippen molar-refractivity contribution in [3.05, 3.63) is 59.7 Å². The molecule has 134 valence electrons. The summed E-state index contributed by atoms with van der Waals surface area (Å²) in [6, 6.07) is 11.2. The molecule has 8 heteroatoms. The first-order chi connectivity index (χ1) is 12.5. The number of hydrogen-bond acceptors (Lipinski definition) is 8. The number of carbonyl (C=O) groups is 4. The first-order valence-electron chi connectivity index (χ1n) is 7.26. The first kappa shape index (κ1) is 18.7. The largest absolute Gasteiger partial charge is 0.497 e. The molecule has 2 aromatic rings. The fourth-order valence-corrected chi connectivity index (χ4v) is 1.87. The third kappa shape index (κ3) is 4.44. The lowest BCUT2D eigenvalue weighted by Gasteiger charge is -2.04. The molecule has 0 unspecified atom stereocenters. The van der Waals surface area contributed by atoms with Crippen LogP contribution in [-0.4, -0.2) is 37.7 Å². The van der Waals surface area contributed by atoms with Gasteiger partial charge in [0, 0.05) is 11.1 Å². The van der Waals surface area contributed by atoms with Gasteiger partial charge < -0.3 is 9.47 Å². The van der Waals surface area contributed by atoms with Crippen molar-refractivity contribution in [3.8, 4) is 11.5 Å². The molecule has 0 spiro atoms. The predicted octanol–water partition coefficient (Wildman–Crippen LogP) is 1.77. The number of carbonyl (C=O) groups excluding carboxylic acids is 4. The van der Waals surface area contributed by atoms with Gasteiger partial charge in [-0.15, -0.1) is 0 Å². The van der Waals surface area contributed by atoms with E-state index in [1.165, 1.54) is 62.8 Å². The Bertz CT molecular complexity index is 750. The van der Waals surface area contributed by atoms with Crippen LogP contribution < -0.4 is 9.47 Å². The smallest absolute Gasteiger partial charge is 0.426 e. The number of benzene rings is 2. The molecule has 0 radical (unpaired) electrons. The Morgan fingerprint density at radius 3 is 1.15 bits per heavy atom. The van der Waals surface area contributed by atoms with Gasteiger partial charge in [0.25, 0.3) is 11.6 Å². The molecule has 0 amide bonds. The van der Waals surface area contributed by atoms with Crippen molar-refractivity contribution in [2.24, 2.45) is 0 Å². The van der Waals surface area contributed by atoms with Crippen LogP contribution in [0.4, 0.5) is 0 Å². The molecule has 0 fully saturated rings. The second kappa shape index (κ2) is 8.43. The molecular weight excluding hydrogens is 344 g/mol. The molecule has 0 bridgehead atoms. The minimum Gasteiger partial charge on any atom is -0.497 e. The maximum Gasteiger partial charge on any atom is 0.426 e. The van der Waals surface area contributed by atoms with Gasteiger partial charge in [-0.1, -0.05) is 0 Å². The Kier molecular flexibility index (Phi) is 6.05. The highest BCUT2D eigenvalue weighted by Gasteiger charge is 2.25. The molecule has 0 N–H and O–H groups in total. The average Bonchev–Trinajstić information content (AvgIpc) is 2.70. The van der Waals surface area contributed by atoms with Crippen molar-refractivity contribution in [3.63, 3.8) is 0 Å². The summed E-state index contributed by atoms with van der Waals surface area (Å²) in [5, 5.41) is 0. The molecule has 0 heterocycles. The number of ether oxygens (including phenoxy) is 2. The van der Waals surface area contributed by atoms with E-state index in [2.05, 4.69) is 9.78 Å². The Balaban J connectivity index is 1.93. The molecular formula is C18H14O8. The minimum absolute atomic E-state index is 0.00771. The van der Waals surface area contributed by atoms with E-state index in [-0.39, 0.29) is 11.1 Å². The number of rotatable bonds is 6. The summed E-state index contributed by atoms with van der Waals surface area (Å²) in [5.74, 6) is -3.98. The lowest BCUT2D eigenvalue weighted by molar-refractivity contribution is -0.249. The van der Waals surface area contributed by atoms with E-state index in [0.717, 1.165) is 0 Å². The molecule has 0 aliphatic carbocycles. The summed E-state index contributed by atoms with van der Waals surface area (Å²) in [6.07, 6.45) is 0. The Labute approximate surface area is 148 Å². The van der Waals surface area contributed by atoms with Gasteiger partial charge in [0.2, 0.25) is 0 Å². The molecule has 0 atom stereocenters. The van der Waals surface area contributed by atoms with Crippen molar-refractivity contribution >= 4 is 23.5 Å². The molecule has 26 heavy (non-hydrogen) atoms. The molecule has 0 aliphatic heterocycles. The topological polar surface area (TPSA) is 105 Å². The maximum atomic E-state index is 11.9. The van der Waals surface area contributed by atoms with Crippen LogP contribution >= 0.6 is 0 Å². The zero-order chi connectivity index (χ0) is 19.1. The summed E-state index contributed by atoms with van der Waals surface area (Å²) in [7, 11) is 2.90. The van der Waals surface area contributed by atoms with Crippen LogP contribution in [0.25, 0.3) is 0 Å². The molecule has 0 saturated carbocycles. The maximum absolute atomic E-state index is 11.9. The van der Waals surface area contributed by atoms with Crippen LogP contribution in [0.5, 0.6) is 11.5 Å². The summed E-state index contributed by atoms with van der Waals surface area (Å²) in [4.78, 5) is 55.3. The summed E-state index contributed by atoms with van der Waals surface area (Å²) >= 11 is 0. The highest BCUT2D eigenvalue weighted by molar-refractivity contribution is 6.42. The lowest BCUT2D eigenvalue weighted by atomic mass is 10.1. The second-order valence-corrected chi connectivity index (χ2v) is 4.86. The first-order valence-corrected chi connectivity index (χ1v) is 7.26. The van der Waals surface area contributed by atoms with E-state index in [1.54, 1.807) is 0 Å². The zero-order valence-electron chi connectivity index (χ0n) is 13.9. The fraction of sp³-hybridized carbons (Fsp3) is 0.111. The van der Waals surface area contributed by atoms with Crippen LogP contribution in [-0.2, 0) is 19.4 Å². The molecule has 0 aliphatic rings. The third-order valence-electron chi connectivity index (χ3n) is 3.27. The van der Waals surface area contributed by atoms with Crippen LogP contribution in [0.3, 0.4) is 0 Å². The highest BCUT2D eigenvalue weighted by Crippen LogP contribution is 2.13. The van der Waals surface area contributed by atoms with Gasteiger partial charge in [0.05, 0.1) is 14.2 Å². The van der Waals surface area contributed by atoms with Crippen molar-refractivity contribution in [2.45, 2.75) is 0 Å². The fourth-order valence-electron chi connectivity index (χ4n) is 1.87. The van der Waals surface area contributed by atoms with Gasteiger partial charge in [0.1, 0.15) is 11.5 Å². The van der Waals surface area contributed by atoms with Crippen molar-refractivity contribution in [1.82, 2.24) is 0 Å². The number of Topliss-reactive ketones (excluding diaryl/α,β-unsaturated/α-hetero) is 2. The molecule has 0 aromatic heterocycles. The van der Waals surface area contributed by atoms with Gasteiger partial charge in [-0.25, -0.2) is 19.4 Å². The van der Waals surface area contributed by atoms with E-state index in [4.69, 9.17) is 9.47 Å². The predicted molar refractivity (Wildman–Crippen MR) is 86.8 cm³/mol. The lowest BCUT2D eigenvalue weighted by Crippen LogP contribution is -2.24. The standard InChI is InChI=1S/C18H14O8/c1-23-13-7-3-11(4-8-13)15(19)17(21)25-26-18(22)16(20)12-5-9-14(24-2)10-6-12/h3-10H,1-2H3. The zero-order valence-corrected chi connectivity index (χ0v) is 13.9. The Morgan fingerprint density at radius 1 is 0.577 bits per heavy atom. The van der Waals surface area contributed by atoms with Crippen molar-refractivity contribution in [1.29, 1.82) is 0 Å². The Hall–Kier alpha value is -3.68. The second-order valence-electron chi connectivity index (χ2n) is 4.86. The normalized spacial score (nSPS) is 9.77. The van der Waals surface area contributed by atoms with Crippen LogP contribution in [0.1, 0.15) is 20.7 Å². The van der Waals surface area contributed by atoms with Gasteiger partial charge in [-0.2, -0.15) is 0 Å². The van der Waals surface area contributed by atoms with Crippen LogP contribution in [0.2, 0.25) is 0 Å². The van der Waals surface area contributed by atoms with Crippen molar-refractivity contribution < 1.29 is 38.4 Å². The van der Waals surface area contributed by atoms with Gasteiger partial charge in [-0.3, -0.25) is 9.59 Å². The molecule has 2 rings (SSSR count). The molecule has 2 aromatic carbocycles.